The molecule has 39 heavy (non-hydrogen) atoms. The minimum Gasteiger partial charge on any atom is -0.495 e. The van der Waals surface area contributed by atoms with Crippen LogP contribution in [0.1, 0.15) is 37.8 Å². The van der Waals surface area contributed by atoms with Gasteiger partial charge in [-0.15, -0.1) is 0 Å². The largest absolute Gasteiger partial charge is 0.495 e. The van der Waals surface area contributed by atoms with Crippen molar-refractivity contribution in [3.63, 3.8) is 0 Å². The van der Waals surface area contributed by atoms with E-state index in [0.29, 0.717) is 18.7 Å². The van der Waals surface area contributed by atoms with Crippen molar-refractivity contribution < 1.29 is 22.7 Å². The van der Waals surface area contributed by atoms with Crippen LogP contribution in [0.25, 0.3) is 0 Å². The fraction of sp³-hybridized carbons (Fsp3) is 0.333. The monoisotopic (exact) mass is 551 g/mol. The summed E-state index contributed by atoms with van der Waals surface area (Å²) < 4.78 is 34.5. The highest BCUT2D eigenvalue weighted by molar-refractivity contribution is 7.92. The predicted molar refractivity (Wildman–Crippen MR) is 153 cm³/mol. The molecule has 0 radical (unpaired) electrons. The van der Waals surface area contributed by atoms with E-state index in [4.69, 9.17) is 4.74 Å². The van der Waals surface area contributed by atoms with Crippen molar-refractivity contribution in [3.05, 3.63) is 90.0 Å². The summed E-state index contributed by atoms with van der Waals surface area (Å²) in [5.74, 6) is -0.454. The Morgan fingerprint density at radius 2 is 1.59 bits per heavy atom. The summed E-state index contributed by atoms with van der Waals surface area (Å²) in [7, 11) is -2.71. The second kappa shape index (κ2) is 13.8. The van der Waals surface area contributed by atoms with E-state index in [9.17, 15) is 18.0 Å². The van der Waals surface area contributed by atoms with Gasteiger partial charge in [-0.25, -0.2) is 8.42 Å². The highest BCUT2D eigenvalue weighted by Gasteiger charge is 2.34. The first-order valence-corrected chi connectivity index (χ1v) is 14.5. The third-order valence-electron chi connectivity index (χ3n) is 6.34. The van der Waals surface area contributed by atoms with Crippen molar-refractivity contribution in [2.75, 3.05) is 24.5 Å². The van der Waals surface area contributed by atoms with E-state index in [1.54, 1.807) is 30.3 Å². The van der Waals surface area contributed by atoms with Crippen LogP contribution in [0.5, 0.6) is 5.75 Å². The molecule has 0 heterocycles. The third-order valence-corrected chi connectivity index (χ3v) is 8.12. The molecule has 0 spiro atoms. The van der Waals surface area contributed by atoms with Gasteiger partial charge in [-0.3, -0.25) is 13.9 Å². The van der Waals surface area contributed by atoms with Gasteiger partial charge in [0.25, 0.3) is 10.0 Å². The minimum atomic E-state index is -4.17. The number of methoxy groups -OCH3 is 1. The number of hydrogen-bond donors (Lipinski definition) is 1. The topological polar surface area (TPSA) is 96.0 Å². The SMILES string of the molecule is CCCNC(=O)[C@H](CC)N(Cc1ccccc1)C(=O)CN(c1cc(C)ccc1OC)S(=O)(=O)c1ccccc1. The first-order valence-electron chi connectivity index (χ1n) is 13.1. The minimum absolute atomic E-state index is 0.0451. The lowest BCUT2D eigenvalue weighted by Crippen LogP contribution is -2.52. The molecule has 1 N–H and O–H groups in total. The van der Waals surface area contributed by atoms with E-state index < -0.39 is 28.5 Å². The zero-order chi connectivity index (χ0) is 28.4. The molecule has 0 aliphatic heterocycles. The molecule has 3 aromatic carbocycles. The number of anilines is 1. The maximum Gasteiger partial charge on any atom is 0.264 e. The zero-order valence-corrected chi connectivity index (χ0v) is 23.8. The maximum atomic E-state index is 14.1. The Kier molecular flexibility index (Phi) is 10.5. The van der Waals surface area contributed by atoms with Crippen LogP contribution in [0.3, 0.4) is 0 Å². The summed E-state index contributed by atoms with van der Waals surface area (Å²) in [6.07, 6.45) is 1.12. The molecule has 0 saturated heterocycles. The third kappa shape index (κ3) is 7.38. The highest BCUT2D eigenvalue weighted by atomic mass is 32.2. The smallest absolute Gasteiger partial charge is 0.264 e. The Balaban J connectivity index is 2.09. The van der Waals surface area contributed by atoms with Crippen LogP contribution in [0.15, 0.2) is 83.8 Å². The van der Waals surface area contributed by atoms with E-state index in [0.717, 1.165) is 21.9 Å². The molecule has 0 aliphatic carbocycles. The van der Waals surface area contributed by atoms with Crippen LogP contribution in [0.2, 0.25) is 0 Å². The molecule has 208 valence electrons. The molecule has 8 nitrogen and oxygen atoms in total. The number of carbonyl (C=O) groups excluding carboxylic acids is 2. The van der Waals surface area contributed by atoms with Gasteiger partial charge in [0.15, 0.2) is 0 Å². The number of benzene rings is 3. The number of carbonyl (C=O) groups is 2. The van der Waals surface area contributed by atoms with Crippen LogP contribution in [-0.4, -0.2) is 51.4 Å². The van der Waals surface area contributed by atoms with E-state index >= 15 is 0 Å². The van der Waals surface area contributed by atoms with Gasteiger partial charge >= 0.3 is 0 Å². The first-order chi connectivity index (χ1) is 18.7. The second-order valence-corrected chi connectivity index (χ2v) is 11.1. The number of nitrogens with one attached hydrogen (secondary N) is 1. The van der Waals surface area contributed by atoms with Crippen LogP contribution in [0.4, 0.5) is 5.69 Å². The summed E-state index contributed by atoms with van der Waals surface area (Å²) in [5.41, 5.74) is 1.88. The van der Waals surface area contributed by atoms with Gasteiger partial charge in [0, 0.05) is 13.1 Å². The quantitative estimate of drug-likeness (QED) is 0.337. The van der Waals surface area contributed by atoms with Crippen LogP contribution in [-0.2, 0) is 26.2 Å². The predicted octanol–water partition coefficient (Wildman–Crippen LogP) is 4.53. The van der Waals surface area contributed by atoms with Gasteiger partial charge in [0.2, 0.25) is 11.8 Å². The van der Waals surface area contributed by atoms with Crippen molar-refractivity contribution in [2.24, 2.45) is 0 Å². The van der Waals surface area contributed by atoms with E-state index in [2.05, 4.69) is 5.32 Å². The summed E-state index contributed by atoms with van der Waals surface area (Å²) in [6, 6.07) is 21.7. The van der Waals surface area contributed by atoms with Gasteiger partial charge in [-0.05, 0) is 55.2 Å². The maximum absolute atomic E-state index is 14.1. The number of rotatable bonds is 13. The van der Waals surface area contributed by atoms with Crippen molar-refractivity contribution in [3.8, 4) is 5.75 Å². The van der Waals surface area contributed by atoms with Crippen molar-refractivity contribution in [1.82, 2.24) is 10.2 Å². The van der Waals surface area contributed by atoms with E-state index in [1.807, 2.05) is 57.2 Å². The number of aryl methyl sites for hydroxylation is 1. The number of sulfonamides is 1. The summed E-state index contributed by atoms with van der Waals surface area (Å²) in [6.45, 7) is 5.76. The lowest BCUT2D eigenvalue weighted by Gasteiger charge is -2.33. The number of amides is 2. The Morgan fingerprint density at radius 1 is 0.949 bits per heavy atom. The normalized spacial score (nSPS) is 11.9. The average molecular weight is 552 g/mol. The van der Waals surface area contributed by atoms with Crippen molar-refractivity contribution in [1.29, 1.82) is 0 Å². The zero-order valence-electron chi connectivity index (χ0n) is 23.0. The highest BCUT2D eigenvalue weighted by Crippen LogP contribution is 2.33. The van der Waals surface area contributed by atoms with E-state index in [-0.39, 0.29) is 23.0 Å². The summed E-state index contributed by atoms with van der Waals surface area (Å²) >= 11 is 0. The molecular weight excluding hydrogens is 514 g/mol. The fourth-order valence-corrected chi connectivity index (χ4v) is 5.73. The molecule has 1 atom stereocenters. The molecule has 0 fully saturated rings. The molecule has 0 saturated carbocycles. The fourth-order valence-electron chi connectivity index (χ4n) is 4.29. The van der Waals surface area contributed by atoms with Crippen LogP contribution < -0.4 is 14.4 Å². The molecule has 9 heteroatoms. The molecule has 0 aliphatic rings. The Hall–Kier alpha value is -3.85. The number of nitrogens with zero attached hydrogens (tertiary/aromatic N) is 2. The Bertz CT molecular complexity index is 1350. The van der Waals surface area contributed by atoms with Gasteiger partial charge in [-0.1, -0.05) is 68.4 Å². The van der Waals surface area contributed by atoms with Gasteiger partial charge < -0.3 is 15.0 Å². The first kappa shape index (κ1) is 29.7. The van der Waals surface area contributed by atoms with Crippen LogP contribution in [0, 0.1) is 6.92 Å². The average Bonchev–Trinajstić information content (AvgIpc) is 2.95. The molecule has 2 amide bonds. The summed E-state index contributed by atoms with van der Waals surface area (Å²) in [4.78, 5) is 28.7. The number of hydrogen-bond acceptors (Lipinski definition) is 5. The molecule has 3 rings (SSSR count). The molecule has 0 bridgehead atoms. The van der Waals surface area contributed by atoms with Crippen molar-refractivity contribution in [2.45, 2.75) is 51.1 Å². The van der Waals surface area contributed by atoms with Gasteiger partial charge in [0.1, 0.15) is 18.3 Å². The molecular formula is C30H37N3O5S. The van der Waals surface area contributed by atoms with Crippen LogP contribution >= 0.6 is 0 Å². The van der Waals surface area contributed by atoms with Gasteiger partial charge in [-0.2, -0.15) is 0 Å². The van der Waals surface area contributed by atoms with Gasteiger partial charge in [0.05, 0.1) is 17.7 Å². The Morgan fingerprint density at radius 3 is 2.18 bits per heavy atom. The molecule has 3 aromatic rings. The molecule has 0 aromatic heterocycles. The lowest BCUT2D eigenvalue weighted by molar-refractivity contribution is -0.140. The van der Waals surface area contributed by atoms with Crippen molar-refractivity contribution >= 4 is 27.5 Å². The molecule has 0 unspecified atom stereocenters. The second-order valence-electron chi connectivity index (χ2n) is 9.22. The summed E-state index contributed by atoms with van der Waals surface area (Å²) in [5, 5.41) is 2.89. The van der Waals surface area contributed by atoms with E-state index in [1.165, 1.54) is 24.1 Å². The lowest BCUT2D eigenvalue weighted by atomic mass is 10.1. The number of ether oxygens (including phenoxy) is 1. The Labute approximate surface area is 231 Å². The standard InChI is InChI=1S/C30H37N3O5S/c1-5-19-31-30(35)26(6-2)32(21-24-13-9-7-10-14-24)29(34)22-33(27-20-23(3)17-18-28(27)38-4)39(36,37)25-15-11-8-12-16-25/h7-18,20,26H,5-6,19,21-22H2,1-4H3,(H,31,35)/t26-/m0/s1.